The maximum Gasteiger partial charge on any atom is 0.261 e. The largest absolute Gasteiger partial charge is 0.296 e. The molecule has 1 aliphatic rings. The zero-order valence-corrected chi connectivity index (χ0v) is 9.62. The summed E-state index contributed by atoms with van der Waals surface area (Å²) >= 11 is 3.43. The van der Waals surface area contributed by atoms with Gasteiger partial charge in [0.1, 0.15) is 5.82 Å². The van der Waals surface area contributed by atoms with Crippen molar-refractivity contribution in [2.24, 2.45) is 0 Å². The molecule has 0 unspecified atom stereocenters. The SMILES string of the molecule is O=c1c2cccc(Br)c2nc2n1CCC2. The van der Waals surface area contributed by atoms with Crippen LogP contribution in [0.3, 0.4) is 0 Å². The molecule has 0 amide bonds. The van der Waals surface area contributed by atoms with E-state index in [-0.39, 0.29) is 5.56 Å². The number of hydrogen-bond acceptors (Lipinski definition) is 2. The fourth-order valence-corrected chi connectivity index (χ4v) is 2.53. The number of nitrogens with zero attached hydrogens (tertiary/aromatic N) is 2. The van der Waals surface area contributed by atoms with Crippen LogP contribution in [0.25, 0.3) is 10.9 Å². The summed E-state index contributed by atoms with van der Waals surface area (Å²) in [5.74, 6) is 0.916. The van der Waals surface area contributed by atoms with Crippen molar-refractivity contribution in [3.8, 4) is 0 Å². The fourth-order valence-electron chi connectivity index (χ4n) is 2.07. The molecule has 1 aromatic carbocycles. The first-order valence-electron chi connectivity index (χ1n) is 4.95. The maximum absolute atomic E-state index is 12.1. The molecular weight excluding hydrogens is 256 g/mol. The smallest absolute Gasteiger partial charge is 0.261 e. The van der Waals surface area contributed by atoms with E-state index in [1.54, 1.807) is 4.57 Å². The second-order valence-electron chi connectivity index (χ2n) is 3.72. The predicted octanol–water partition coefficient (Wildman–Crippen LogP) is 2.11. The number of para-hydroxylation sites is 1. The zero-order chi connectivity index (χ0) is 10.4. The molecule has 0 saturated heterocycles. The summed E-state index contributed by atoms with van der Waals surface area (Å²) in [6, 6.07) is 5.62. The molecule has 0 radical (unpaired) electrons. The third-order valence-electron chi connectivity index (χ3n) is 2.80. The van der Waals surface area contributed by atoms with E-state index in [9.17, 15) is 4.79 Å². The molecule has 76 valence electrons. The molecule has 0 saturated carbocycles. The Kier molecular flexibility index (Phi) is 1.92. The molecule has 0 bridgehead atoms. The van der Waals surface area contributed by atoms with E-state index >= 15 is 0 Å². The Labute approximate surface area is 94.9 Å². The summed E-state index contributed by atoms with van der Waals surface area (Å²) in [5.41, 5.74) is 0.879. The summed E-state index contributed by atoms with van der Waals surface area (Å²) in [7, 11) is 0. The highest BCUT2D eigenvalue weighted by Gasteiger charge is 2.16. The molecule has 0 aliphatic carbocycles. The fraction of sp³-hybridized carbons (Fsp3) is 0.273. The normalized spacial score (nSPS) is 14.5. The van der Waals surface area contributed by atoms with Crippen LogP contribution in [0.1, 0.15) is 12.2 Å². The van der Waals surface area contributed by atoms with Crippen LogP contribution in [-0.2, 0) is 13.0 Å². The van der Waals surface area contributed by atoms with Crippen LogP contribution in [-0.4, -0.2) is 9.55 Å². The molecule has 2 aromatic rings. The number of aryl methyl sites for hydroxylation is 1. The van der Waals surface area contributed by atoms with Crippen LogP contribution in [0, 0.1) is 0 Å². The van der Waals surface area contributed by atoms with Gasteiger partial charge in [0.25, 0.3) is 5.56 Å². The minimum absolute atomic E-state index is 0.0915. The Morgan fingerprint density at radius 1 is 1.40 bits per heavy atom. The summed E-state index contributed by atoms with van der Waals surface area (Å²) in [4.78, 5) is 16.6. The summed E-state index contributed by atoms with van der Waals surface area (Å²) in [6.07, 6.45) is 1.93. The van der Waals surface area contributed by atoms with Gasteiger partial charge in [-0.25, -0.2) is 4.98 Å². The topological polar surface area (TPSA) is 34.9 Å². The van der Waals surface area contributed by atoms with Gasteiger partial charge < -0.3 is 0 Å². The van der Waals surface area contributed by atoms with Crippen LogP contribution in [0.15, 0.2) is 27.5 Å². The van der Waals surface area contributed by atoms with Gasteiger partial charge in [0.05, 0.1) is 10.9 Å². The molecule has 1 aromatic heterocycles. The van der Waals surface area contributed by atoms with Crippen molar-refractivity contribution in [1.82, 2.24) is 9.55 Å². The molecule has 0 fully saturated rings. The molecule has 2 heterocycles. The van der Waals surface area contributed by atoms with E-state index < -0.39 is 0 Å². The number of rotatable bonds is 0. The van der Waals surface area contributed by atoms with E-state index in [4.69, 9.17) is 0 Å². The van der Waals surface area contributed by atoms with Gasteiger partial charge in [-0.2, -0.15) is 0 Å². The van der Waals surface area contributed by atoms with E-state index in [1.165, 1.54) is 0 Å². The van der Waals surface area contributed by atoms with Crippen molar-refractivity contribution in [3.05, 3.63) is 38.9 Å². The lowest BCUT2D eigenvalue weighted by molar-refractivity contribution is 0.719. The Bertz CT molecular complexity index is 603. The van der Waals surface area contributed by atoms with E-state index in [0.29, 0.717) is 5.39 Å². The highest BCUT2D eigenvalue weighted by molar-refractivity contribution is 9.10. The van der Waals surface area contributed by atoms with Crippen LogP contribution in [0.5, 0.6) is 0 Å². The minimum atomic E-state index is 0.0915. The third-order valence-corrected chi connectivity index (χ3v) is 3.44. The van der Waals surface area contributed by atoms with E-state index in [1.807, 2.05) is 18.2 Å². The standard InChI is InChI=1S/C11H9BrN2O/c12-8-4-1-3-7-10(8)13-9-5-2-6-14(9)11(7)15/h1,3-4H,2,5-6H2. The van der Waals surface area contributed by atoms with Gasteiger partial charge in [0, 0.05) is 17.4 Å². The molecule has 0 spiro atoms. The average molecular weight is 265 g/mol. The van der Waals surface area contributed by atoms with Crippen molar-refractivity contribution in [2.75, 3.05) is 0 Å². The van der Waals surface area contributed by atoms with Gasteiger partial charge in [-0.15, -0.1) is 0 Å². The van der Waals surface area contributed by atoms with Gasteiger partial charge >= 0.3 is 0 Å². The molecule has 0 N–H and O–H groups in total. The summed E-state index contributed by atoms with van der Waals surface area (Å²) in [5, 5.41) is 0.704. The Hall–Kier alpha value is -1.16. The highest BCUT2D eigenvalue weighted by Crippen LogP contribution is 2.21. The van der Waals surface area contributed by atoms with Gasteiger partial charge in [-0.05, 0) is 34.5 Å². The lowest BCUT2D eigenvalue weighted by Gasteiger charge is -2.05. The van der Waals surface area contributed by atoms with Gasteiger partial charge in [0.2, 0.25) is 0 Å². The van der Waals surface area contributed by atoms with Crippen molar-refractivity contribution in [2.45, 2.75) is 19.4 Å². The van der Waals surface area contributed by atoms with Gasteiger partial charge in [0.15, 0.2) is 0 Å². The van der Waals surface area contributed by atoms with Crippen molar-refractivity contribution < 1.29 is 0 Å². The third kappa shape index (κ3) is 1.24. The van der Waals surface area contributed by atoms with Gasteiger partial charge in [-0.3, -0.25) is 9.36 Å². The average Bonchev–Trinajstić information content (AvgIpc) is 2.68. The summed E-state index contributed by atoms with van der Waals surface area (Å²) in [6.45, 7) is 0.809. The van der Waals surface area contributed by atoms with Crippen LogP contribution >= 0.6 is 15.9 Å². The lowest BCUT2D eigenvalue weighted by atomic mass is 10.2. The number of hydrogen-bond donors (Lipinski definition) is 0. The van der Waals surface area contributed by atoms with Crippen LogP contribution in [0.2, 0.25) is 0 Å². The van der Waals surface area contributed by atoms with E-state index in [2.05, 4.69) is 20.9 Å². The lowest BCUT2D eigenvalue weighted by Crippen LogP contribution is -2.20. The Morgan fingerprint density at radius 2 is 2.27 bits per heavy atom. The van der Waals surface area contributed by atoms with Crippen LogP contribution in [0.4, 0.5) is 0 Å². The second kappa shape index (κ2) is 3.17. The Morgan fingerprint density at radius 3 is 3.13 bits per heavy atom. The van der Waals surface area contributed by atoms with Crippen molar-refractivity contribution >= 4 is 26.8 Å². The first kappa shape index (κ1) is 9.09. The maximum atomic E-state index is 12.1. The number of aromatic nitrogens is 2. The van der Waals surface area contributed by atoms with Crippen molar-refractivity contribution in [3.63, 3.8) is 0 Å². The molecule has 0 atom stereocenters. The second-order valence-corrected chi connectivity index (χ2v) is 4.58. The molecule has 3 rings (SSSR count). The Balaban J connectivity index is 2.52. The minimum Gasteiger partial charge on any atom is -0.296 e. The van der Waals surface area contributed by atoms with Gasteiger partial charge in [-0.1, -0.05) is 6.07 Å². The monoisotopic (exact) mass is 264 g/mol. The molecular formula is C11H9BrN2O. The molecule has 3 nitrogen and oxygen atoms in total. The molecule has 4 heteroatoms. The number of halogens is 1. The zero-order valence-electron chi connectivity index (χ0n) is 8.03. The quantitative estimate of drug-likeness (QED) is 0.731. The number of benzene rings is 1. The van der Waals surface area contributed by atoms with Crippen molar-refractivity contribution in [1.29, 1.82) is 0 Å². The predicted molar refractivity (Wildman–Crippen MR) is 62.0 cm³/mol. The van der Waals surface area contributed by atoms with E-state index in [0.717, 1.165) is 35.2 Å². The molecule has 15 heavy (non-hydrogen) atoms. The first-order valence-corrected chi connectivity index (χ1v) is 5.74. The summed E-state index contributed by atoms with van der Waals surface area (Å²) < 4.78 is 2.68. The van der Waals surface area contributed by atoms with Crippen LogP contribution < -0.4 is 5.56 Å². The molecule has 1 aliphatic heterocycles. The number of fused-ring (bicyclic) bond motifs is 2. The highest BCUT2D eigenvalue weighted by atomic mass is 79.9. The first-order chi connectivity index (χ1) is 7.27.